The van der Waals surface area contributed by atoms with Crippen LogP contribution in [0.15, 0.2) is 42.7 Å². The van der Waals surface area contributed by atoms with Gasteiger partial charge >= 0.3 is 0 Å². The summed E-state index contributed by atoms with van der Waals surface area (Å²) in [6, 6.07) is 8.33. The van der Waals surface area contributed by atoms with Gasteiger partial charge in [-0.1, -0.05) is 12.1 Å². The number of halogens is 1. The molecule has 2 aromatic heterocycles. The molecule has 0 unspecified atom stereocenters. The molecule has 0 fully saturated rings. The molecule has 0 radical (unpaired) electrons. The number of hydrogen-bond acceptors (Lipinski definition) is 2. The molecule has 4 heteroatoms. The molecule has 0 N–H and O–H groups in total. The van der Waals surface area contributed by atoms with Gasteiger partial charge in [-0.15, -0.1) is 0 Å². The first-order valence-electron chi connectivity index (χ1n) is 5.31. The highest BCUT2D eigenvalue weighted by atomic mass is 19.1. The van der Waals surface area contributed by atoms with Crippen molar-refractivity contribution in [2.75, 3.05) is 0 Å². The predicted octanol–water partition coefficient (Wildman–Crippen LogP) is 2.84. The maximum Gasteiger partial charge on any atom is 0.234 e. The fraction of sp³-hybridized carbons (Fsp3) is 0.0769. The Balaban J connectivity index is 2.33. The van der Waals surface area contributed by atoms with Crippen molar-refractivity contribution >= 4 is 5.78 Å². The van der Waals surface area contributed by atoms with E-state index in [9.17, 15) is 4.39 Å². The number of benzene rings is 1. The van der Waals surface area contributed by atoms with Gasteiger partial charge in [0.1, 0.15) is 5.82 Å². The highest BCUT2D eigenvalue weighted by molar-refractivity contribution is 5.65. The highest BCUT2D eigenvalue weighted by Gasteiger charge is 2.11. The first kappa shape index (κ1) is 9.96. The minimum atomic E-state index is -0.249. The van der Waals surface area contributed by atoms with Crippen LogP contribution in [0.1, 0.15) is 5.69 Å². The van der Waals surface area contributed by atoms with Crippen molar-refractivity contribution in [1.29, 1.82) is 0 Å². The van der Waals surface area contributed by atoms with Crippen LogP contribution in [0.2, 0.25) is 0 Å². The van der Waals surface area contributed by atoms with Gasteiger partial charge in [-0.25, -0.2) is 14.4 Å². The smallest absolute Gasteiger partial charge is 0.234 e. The molecule has 0 aliphatic heterocycles. The average molecular weight is 227 g/mol. The Morgan fingerprint density at radius 3 is 2.94 bits per heavy atom. The maximum absolute atomic E-state index is 13.2. The summed E-state index contributed by atoms with van der Waals surface area (Å²) in [7, 11) is 0. The third kappa shape index (κ3) is 1.58. The second-order valence-electron chi connectivity index (χ2n) is 3.85. The summed E-state index contributed by atoms with van der Waals surface area (Å²) in [6.07, 6.45) is 3.57. The first-order chi connectivity index (χ1) is 8.25. The zero-order valence-electron chi connectivity index (χ0n) is 9.26. The summed E-state index contributed by atoms with van der Waals surface area (Å²) in [6.45, 7) is 1.90. The van der Waals surface area contributed by atoms with Gasteiger partial charge in [0.15, 0.2) is 0 Å². The molecule has 0 aliphatic carbocycles. The summed E-state index contributed by atoms with van der Waals surface area (Å²) < 4.78 is 15.1. The fourth-order valence-corrected chi connectivity index (χ4v) is 1.98. The molecule has 3 rings (SSSR count). The average Bonchev–Trinajstić information content (AvgIpc) is 2.64. The molecule has 0 spiro atoms. The lowest BCUT2D eigenvalue weighted by atomic mass is 10.1. The van der Waals surface area contributed by atoms with Crippen LogP contribution in [0.3, 0.4) is 0 Å². The van der Waals surface area contributed by atoms with Crippen molar-refractivity contribution < 1.29 is 4.39 Å². The number of imidazole rings is 1. The Morgan fingerprint density at radius 2 is 2.12 bits per heavy atom. The minimum absolute atomic E-state index is 0.249. The lowest BCUT2D eigenvalue weighted by molar-refractivity contribution is 0.628. The van der Waals surface area contributed by atoms with Gasteiger partial charge in [0, 0.05) is 18.0 Å². The Morgan fingerprint density at radius 1 is 1.24 bits per heavy atom. The third-order valence-corrected chi connectivity index (χ3v) is 2.68. The van der Waals surface area contributed by atoms with Crippen molar-refractivity contribution in [3.8, 4) is 11.3 Å². The van der Waals surface area contributed by atoms with E-state index in [1.165, 1.54) is 12.1 Å². The molecular formula is C13H10FN3. The summed E-state index contributed by atoms with van der Waals surface area (Å²) in [4.78, 5) is 8.52. The molecular weight excluding hydrogens is 217 g/mol. The van der Waals surface area contributed by atoms with Crippen LogP contribution < -0.4 is 0 Å². The molecule has 0 atom stereocenters. The summed E-state index contributed by atoms with van der Waals surface area (Å²) in [5, 5.41) is 0. The van der Waals surface area contributed by atoms with Crippen LogP contribution in [0.4, 0.5) is 4.39 Å². The van der Waals surface area contributed by atoms with Crippen molar-refractivity contribution in [2.45, 2.75) is 6.92 Å². The lowest BCUT2D eigenvalue weighted by Crippen LogP contribution is -1.90. The van der Waals surface area contributed by atoms with E-state index in [-0.39, 0.29) is 5.82 Å². The predicted molar refractivity (Wildman–Crippen MR) is 63.1 cm³/mol. The van der Waals surface area contributed by atoms with Gasteiger partial charge in [-0.2, -0.15) is 0 Å². The molecule has 2 heterocycles. The number of aryl methyl sites for hydroxylation is 1. The maximum atomic E-state index is 13.2. The van der Waals surface area contributed by atoms with E-state index < -0.39 is 0 Å². The van der Waals surface area contributed by atoms with Gasteiger partial charge in [0.2, 0.25) is 5.78 Å². The van der Waals surface area contributed by atoms with Gasteiger partial charge in [0.25, 0.3) is 0 Å². The van der Waals surface area contributed by atoms with Crippen LogP contribution in [0.25, 0.3) is 17.0 Å². The van der Waals surface area contributed by atoms with Crippen LogP contribution in [0.5, 0.6) is 0 Å². The zero-order valence-corrected chi connectivity index (χ0v) is 9.26. The summed E-state index contributed by atoms with van der Waals surface area (Å²) in [5.74, 6) is 0.380. The first-order valence-corrected chi connectivity index (χ1v) is 5.31. The van der Waals surface area contributed by atoms with Crippen LogP contribution in [-0.2, 0) is 0 Å². The van der Waals surface area contributed by atoms with Crippen molar-refractivity contribution in [1.82, 2.24) is 14.4 Å². The van der Waals surface area contributed by atoms with Crippen molar-refractivity contribution in [2.24, 2.45) is 0 Å². The van der Waals surface area contributed by atoms with Gasteiger partial charge < -0.3 is 0 Å². The number of rotatable bonds is 1. The molecule has 0 amide bonds. The Hall–Kier alpha value is -2.23. The highest BCUT2D eigenvalue weighted by Crippen LogP contribution is 2.24. The largest absolute Gasteiger partial charge is 0.283 e. The van der Waals surface area contributed by atoms with E-state index in [2.05, 4.69) is 9.97 Å². The Labute approximate surface area is 97.6 Å². The molecule has 84 valence electrons. The van der Waals surface area contributed by atoms with Crippen molar-refractivity contribution in [3.63, 3.8) is 0 Å². The number of aromatic nitrogens is 3. The van der Waals surface area contributed by atoms with Gasteiger partial charge in [-0.3, -0.25) is 4.40 Å². The van der Waals surface area contributed by atoms with Crippen LogP contribution >= 0.6 is 0 Å². The third-order valence-electron chi connectivity index (χ3n) is 2.68. The van der Waals surface area contributed by atoms with Crippen LogP contribution in [0, 0.1) is 12.7 Å². The number of fused-ring (bicyclic) bond motifs is 1. The quantitative estimate of drug-likeness (QED) is 0.640. The van der Waals surface area contributed by atoms with E-state index in [4.69, 9.17) is 0 Å². The second-order valence-corrected chi connectivity index (χ2v) is 3.85. The molecule has 0 saturated heterocycles. The Kier molecular flexibility index (Phi) is 2.14. The lowest BCUT2D eigenvalue weighted by Gasteiger charge is -2.02. The minimum Gasteiger partial charge on any atom is -0.283 e. The number of nitrogens with zero attached hydrogens (tertiary/aromatic N) is 3. The number of hydrogen-bond donors (Lipinski definition) is 0. The van der Waals surface area contributed by atoms with E-state index in [0.29, 0.717) is 5.78 Å². The normalized spacial score (nSPS) is 10.9. The van der Waals surface area contributed by atoms with E-state index >= 15 is 0 Å². The summed E-state index contributed by atoms with van der Waals surface area (Å²) in [5.41, 5.74) is 2.53. The SMILES string of the molecule is Cc1nc2ncccn2c1-c1cccc(F)c1. The summed E-state index contributed by atoms with van der Waals surface area (Å²) >= 11 is 0. The van der Waals surface area contributed by atoms with Crippen molar-refractivity contribution in [3.05, 3.63) is 54.2 Å². The Bertz CT molecular complexity index is 688. The standard InChI is InChI=1S/C13H10FN3/c1-9-12(10-4-2-5-11(14)8-10)17-7-3-6-15-13(17)16-9/h2-8H,1H3. The van der Waals surface area contributed by atoms with Gasteiger partial charge in [0.05, 0.1) is 11.4 Å². The second kappa shape index (κ2) is 3.66. The molecule has 0 aliphatic rings. The van der Waals surface area contributed by atoms with E-state index in [0.717, 1.165) is 17.0 Å². The molecule has 0 saturated carbocycles. The fourth-order valence-electron chi connectivity index (χ4n) is 1.98. The molecule has 17 heavy (non-hydrogen) atoms. The van der Waals surface area contributed by atoms with Crippen LogP contribution in [-0.4, -0.2) is 14.4 Å². The molecule has 3 nitrogen and oxygen atoms in total. The monoisotopic (exact) mass is 227 g/mol. The van der Waals surface area contributed by atoms with E-state index in [1.54, 1.807) is 12.3 Å². The topological polar surface area (TPSA) is 30.2 Å². The zero-order chi connectivity index (χ0) is 11.8. The molecule has 0 bridgehead atoms. The van der Waals surface area contributed by atoms with Gasteiger partial charge in [-0.05, 0) is 25.1 Å². The molecule has 3 aromatic rings. The molecule has 1 aromatic carbocycles. The van der Waals surface area contributed by atoms with E-state index in [1.807, 2.05) is 29.7 Å².